The molecule has 0 aromatic heterocycles. The Morgan fingerprint density at radius 1 is 1.00 bits per heavy atom. The van der Waals surface area contributed by atoms with E-state index in [-0.39, 0.29) is 22.1 Å². The molecule has 0 spiro atoms. The summed E-state index contributed by atoms with van der Waals surface area (Å²) >= 11 is 5.75. The molecule has 0 saturated carbocycles. The van der Waals surface area contributed by atoms with Crippen LogP contribution in [0.2, 0.25) is 5.02 Å². The number of benzene rings is 2. The molecule has 0 saturated heterocycles. The molecule has 0 unspecified atom stereocenters. The minimum absolute atomic E-state index is 0.110. The molecule has 0 atom stereocenters. The van der Waals surface area contributed by atoms with Gasteiger partial charge >= 0.3 is 0 Å². The lowest BCUT2D eigenvalue weighted by atomic mass is 10.0. The molecule has 19 heavy (non-hydrogen) atoms. The van der Waals surface area contributed by atoms with Crippen molar-refractivity contribution in [2.75, 3.05) is 0 Å². The van der Waals surface area contributed by atoms with Crippen molar-refractivity contribution >= 4 is 23.3 Å². The number of hydrogen-bond acceptors (Lipinski definition) is 3. The zero-order valence-electron chi connectivity index (χ0n) is 9.76. The van der Waals surface area contributed by atoms with Crippen molar-refractivity contribution in [3.05, 3.63) is 64.2 Å². The molecule has 0 aliphatic rings. The van der Waals surface area contributed by atoms with Gasteiger partial charge in [0.2, 0.25) is 5.91 Å². The first-order valence-corrected chi connectivity index (χ1v) is 5.80. The first kappa shape index (κ1) is 13.1. The fourth-order valence-electron chi connectivity index (χ4n) is 1.64. The molecule has 4 nitrogen and oxygen atoms in total. The van der Waals surface area contributed by atoms with Crippen molar-refractivity contribution in [1.82, 2.24) is 0 Å². The molecule has 0 aliphatic carbocycles. The number of ketones is 1. The Balaban J connectivity index is 2.39. The number of phenols is 1. The number of nitrogens with two attached hydrogens (primary N) is 1. The summed E-state index contributed by atoms with van der Waals surface area (Å²) in [4.78, 5) is 23.1. The van der Waals surface area contributed by atoms with E-state index in [1.54, 1.807) is 6.07 Å². The minimum Gasteiger partial charge on any atom is -0.506 e. The molecular formula is C14H10ClNO3. The molecule has 0 bridgehead atoms. The standard InChI is InChI=1S/C14H10ClNO3/c15-11-3-1-2-10(13(11)18)12(17)8-4-6-9(7-5-8)14(16)19/h1-7,18H,(H2,16,19). The van der Waals surface area contributed by atoms with E-state index >= 15 is 0 Å². The molecule has 96 valence electrons. The van der Waals surface area contributed by atoms with Crippen molar-refractivity contribution in [3.8, 4) is 5.75 Å². The molecule has 2 aromatic rings. The maximum Gasteiger partial charge on any atom is 0.248 e. The van der Waals surface area contributed by atoms with Crippen LogP contribution in [0.3, 0.4) is 0 Å². The average molecular weight is 276 g/mol. The Morgan fingerprint density at radius 2 is 1.58 bits per heavy atom. The highest BCUT2D eigenvalue weighted by Gasteiger charge is 2.15. The van der Waals surface area contributed by atoms with Gasteiger partial charge in [0.15, 0.2) is 5.78 Å². The summed E-state index contributed by atoms with van der Waals surface area (Å²) in [6.07, 6.45) is 0. The van der Waals surface area contributed by atoms with Gasteiger partial charge in [-0.25, -0.2) is 0 Å². The van der Waals surface area contributed by atoms with Gasteiger partial charge in [-0.1, -0.05) is 29.8 Å². The van der Waals surface area contributed by atoms with Crippen LogP contribution in [0.15, 0.2) is 42.5 Å². The largest absolute Gasteiger partial charge is 0.506 e. The third-order valence-corrected chi connectivity index (χ3v) is 2.97. The molecule has 0 fully saturated rings. The van der Waals surface area contributed by atoms with Gasteiger partial charge in [0.25, 0.3) is 0 Å². The number of halogens is 1. The molecule has 3 N–H and O–H groups in total. The number of para-hydroxylation sites is 1. The minimum atomic E-state index is -0.565. The maximum atomic E-state index is 12.2. The van der Waals surface area contributed by atoms with Crippen LogP contribution >= 0.6 is 11.6 Å². The van der Waals surface area contributed by atoms with Gasteiger partial charge in [0, 0.05) is 11.1 Å². The lowest BCUT2D eigenvalue weighted by molar-refractivity contribution is 0.0996. The molecule has 0 aliphatic heterocycles. The van der Waals surface area contributed by atoms with E-state index in [1.807, 2.05) is 0 Å². The van der Waals surface area contributed by atoms with Gasteiger partial charge in [-0.15, -0.1) is 0 Å². The van der Waals surface area contributed by atoms with E-state index in [4.69, 9.17) is 17.3 Å². The Kier molecular flexibility index (Phi) is 3.53. The fourth-order valence-corrected chi connectivity index (χ4v) is 1.81. The second-order valence-corrected chi connectivity index (χ2v) is 4.31. The number of primary amides is 1. The van der Waals surface area contributed by atoms with Crippen molar-refractivity contribution in [3.63, 3.8) is 0 Å². The normalized spacial score (nSPS) is 10.2. The van der Waals surface area contributed by atoms with Crippen LogP contribution in [0.5, 0.6) is 5.75 Å². The third kappa shape index (κ3) is 2.58. The topological polar surface area (TPSA) is 80.4 Å². The van der Waals surface area contributed by atoms with E-state index in [2.05, 4.69) is 0 Å². The van der Waals surface area contributed by atoms with Crippen LogP contribution in [0.25, 0.3) is 0 Å². The lowest BCUT2D eigenvalue weighted by Crippen LogP contribution is -2.11. The quantitative estimate of drug-likeness (QED) is 0.844. The Labute approximate surface area is 114 Å². The highest BCUT2D eigenvalue weighted by Crippen LogP contribution is 2.28. The van der Waals surface area contributed by atoms with Crippen LogP contribution in [0, 0.1) is 0 Å². The van der Waals surface area contributed by atoms with E-state index in [1.165, 1.54) is 36.4 Å². The molecular weight excluding hydrogens is 266 g/mol. The molecule has 0 heterocycles. The van der Waals surface area contributed by atoms with Gasteiger partial charge in [-0.2, -0.15) is 0 Å². The average Bonchev–Trinajstić information content (AvgIpc) is 2.41. The number of amides is 1. The Hall–Kier alpha value is -2.33. The SMILES string of the molecule is NC(=O)c1ccc(C(=O)c2cccc(Cl)c2O)cc1. The van der Waals surface area contributed by atoms with Gasteiger partial charge in [0.05, 0.1) is 10.6 Å². The fraction of sp³-hybridized carbons (Fsp3) is 0. The molecule has 1 amide bonds. The summed E-state index contributed by atoms with van der Waals surface area (Å²) in [5.74, 6) is -1.20. The van der Waals surface area contributed by atoms with Crippen molar-refractivity contribution in [2.24, 2.45) is 5.73 Å². The van der Waals surface area contributed by atoms with Gasteiger partial charge < -0.3 is 10.8 Å². The lowest BCUT2D eigenvalue weighted by Gasteiger charge is -2.05. The summed E-state index contributed by atoms with van der Waals surface area (Å²) in [6, 6.07) is 10.4. The summed E-state index contributed by atoms with van der Waals surface area (Å²) in [7, 11) is 0. The highest BCUT2D eigenvalue weighted by molar-refractivity contribution is 6.33. The van der Waals surface area contributed by atoms with Crippen LogP contribution in [-0.2, 0) is 0 Å². The Morgan fingerprint density at radius 3 is 2.16 bits per heavy atom. The van der Waals surface area contributed by atoms with E-state index in [9.17, 15) is 14.7 Å². The van der Waals surface area contributed by atoms with Crippen molar-refractivity contribution < 1.29 is 14.7 Å². The predicted molar refractivity (Wildman–Crippen MR) is 71.5 cm³/mol. The predicted octanol–water partition coefficient (Wildman–Crippen LogP) is 2.38. The first-order valence-electron chi connectivity index (χ1n) is 5.42. The smallest absolute Gasteiger partial charge is 0.248 e. The van der Waals surface area contributed by atoms with Gasteiger partial charge in [-0.05, 0) is 24.3 Å². The van der Waals surface area contributed by atoms with Crippen molar-refractivity contribution in [1.29, 1.82) is 0 Å². The van der Waals surface area contributed by atoms with Crippen LogP contribution in [0.4, 0.5) is 0 Å². The highest BCUT2D eigenvalue weighted by atomic mass is 35.5. The van der Waals surface area contributed by atoms with Crippen LogP contribution in [-0.4, -0.2) is 16.8 Å². The van der Waals surface area contributed by atoms with Gasteiger partial charge in [-0.3, -0.25) is 9.59 Å². The van der Waals surface area contributed by atoms with Crippen LogP contribution < -0.4 is 5.73 Å². The maximum absolute atomic E-state index is 12.2. The summed E-state index contributed by atoms with van der Waals surface area (Å²) < 4.78 is 0. The Bertz CT molecular complexity index is 650. The number of carbonyl (C=O) groups is 2. The second-order valence-electron chi connectivity index (χ2n) is 3.91. The number of aromatic hydroxyl groups is 1. The van der Waals surface area contributed by atoms with E-state index < -0.39 is 5.91 Å². The molecule has 0 radical (unpaired) electrons. The first-order chi connectivity index (χ1) is 9.00. The van der Waals surface area contributed by atoms with E-state index in [0.717, 1.165) is 0 Å². The second kappa shape index (κ2) is 5.12. The summed E-state index contributed by atoms with van der Waals surface area (Å²) in [6.45, 7) is 0. The number of phenolic OH excluding ortho intramolecular Hbond substituents is 1. The number of hydrogen-bond donors (Lipinski definition) is 2. The third-order valence-electron chi connectivity index (χ3n) is 2.66. The van der Waals surface area contributed by atoms with Crippen molar-refractivity contribution in [2.45, 2.75) is 0 Å². The zero-order valence-corrected chi connectivity index (χ0v) is 10.5. The monoisotopic (exact) mass is 275 g/mol. The van der Waals surface area contributed by atoms with Crippen LogP contribution in [0.1, 0.15) is 26.3 Å². The van der Waals surface area contributed by atoms with Gasteiger partial charge in [0.1, 0.15) is 5.75 Å². The number of rotatable bonds is 3. The molecule has 2 aromatic carbocycles. The summed E-state index contributed by atoms with van der Waals surface area (Å²) in [5.41, 5.74) is 5.87. The van der Waals surface area contributed by atoms with E-state index in [0.29, 0.717) is 11.1 Å². The number of carbonyl (C=O) groups excluding carboxylic acids is 2. The summed E-state index contributed by atoms with van der Waals surface area (Å²) in [5, 5.41) is 9.86. The molecule has 2 rings (SSSR count). The zero-order chi connectivity index (χ0) is 14.0. The molecule has 5 heteroatoms.